The average molecular weight is 284 g/mol. The van der Waals surface area contributed by atoms with E-state index in [1.165, 1.54) is 0 Å². The van der Waals surface area contributed by atoms with E-state index < -0.39 is 5.41 Å². The van der Waals surface area contributed by atoms with Crippen LogP contribution < -0.4 is 16.4 Å². The van der Waals surface area contributed by atoms with Crippen molar-refractivity contribution in [2.75, 3.05) is 6.54 Å². The van der Waals surface area contributed by atoms with E-state index in [1.807, 2.05) is 13.8 Å². The normalized spacial score (nSPS) is 18.1. The summed E-state index contributed by atoms with van der Waals surface area (Å²) < 4.78 is 0. The van der Waals surface area contributed by atoms with E-state index in [0.29, 0.717) is 12.8 Å². The van der Waals surface area contributed by atoms with Crippen LogP contribution in [0.3, 0.4) is 0 Å². The van der Waals surface area contributed by atoms with Gasteiger partial charge in [-0.05, 0) is 26.7 Å². The Morgan fingerprint density at radius 3 is 2.45 bits per heavy atom. The maximum atomic E-state index is 12.3. The zero-order chi connectivity index (χ0) is 15.2. The largest absolute Gasteiger partial charge is 0.409 e. The van der Waals surface area contributed by atoms with Gasteiger partial charge in [0.15, 0.2) is 5.84 Å². The number of nitrogens with two attached hydrogens (primary N) is 1. The van der Waals surface area contributed by atoms with Crippen LogP contribution in [0.25, 0.3) is 0 Å². The van der Waals surface area contributed by atoms with Crippen LogP contribution in [0.1, 0.15) is 46.0 Å². The third-order valence-corrected chi connectivity index (χ3v) is 3.58. The highest BCUT2D eigenvalue weighted by molar-refractivity contribution is 6.07. The Bertz CT molecular complexity index is 387. The first-order chi connectivity index (χ1) is 9.42. The Morgan fingerprint density at radius 2 is 1.95 bits per heavy atom. The van der Waals surface area contributed by atoms with E-state index in [9.17, 15) is 9.59 Å². The highest BCUT2D eigenvalue weighted by atomic mass is 16.4. The smallest absolute Gasteiger partial charge is 0.233 e. The fourth-order valence-corrected chi connectivity index (χ4v) is 2.53. The van der Waals surface area contributed by atoms with Crippen LogP contribution in [0.5, 0.6) is 0 Å². The number of carbonyl (C=O) groups is 2. The standard InChI is InChI=1S/C13H24N4O3/c1-9(2)16-10(18)5-8-15-12(19)13(11(14)17-20)6-3-4-7-13/h9,20H,3-8H2,1-2H3,(H2,14,17)(H,15,19)(H,16,18). The molecule has 0 aliphatic heterocycles. The quantitative estimate of drug-likeness (QED) is 0.243. The molecule has 0 bridgehead atoms. The number of amides is 2. The van der Waals surface area contributed by atoms with Gasteiger partial charge in [-0.2, -0.15) is 0 Å². The van der Waals surface area contributed by atoms with Crippen LogP contribution in [-0.2, 0) is 9.59 Å². The molecule has 0 saturated heterocycles. The molecule has 7 heteroatoms. The van der Waals surface area contributed by atoms with E-state index in [1.54, 1.807) is 0 Å². The Labute approximate surface area is 119 Å². The molecule has 2 amide bonds. The van der Waals surface area contributed by atoms with Crippen molar-refractivity contribution >= 4 is 17.6 Å². The molecule has 20 heavy (non-hydrogen) atoms. The minimum atomic E-state index is -0.913. The van der Waals surface area contributed by atoms with Crippen molar-refractivity contribution < 1.29 is 14.8 Å². The van der Waals surface area contributed by atoms with Gasteiger partial charge in [-0.15, -0.1) is 0 Å². The summed E-state index contributed by atoms with van der Waals surface area (Å²) >= 11 is 0. The summed E-state index contributed by atoms with van der Waals surface area (Å²) in [6, 6.07) is 0.0801. The zero-order valence-electron chi connectivity index (χ0n) is 12.1. The van der Waals surface area contributed by atoms with E-state index in [2.05, 4.69) is 15.8 Å². The third kappa shape index (κ3) is 3.85. The molecule has 1 rings (SSSR count). The van der Waals surface area contributed by atoms with Gasteiger partial charge < -0.3 is 21.6 Å². The molecule has 0 aromatic rings. The van der Waals surface area contributed by atoms with E-state index in [0.717, 1.165) is 12.8 Å². The van der Waals surface area contributed by atoms with E-state index >= 15 is 0 Å². The third-order valence-electron chi connectivity index (χ3n) is 3.58. The second kappa shape index (κ2) is 7.12. The Kier molecular flexibility index (Phi) is 5.79. The lowest BCUT2D eigenvalue weighted by molar-refractivity contribution is -0.127. The van der Waals surface area contributed by atoms with Gasteiger partial charge in [0, 0.05) is 19.0 Å². The van der Waals surface area contributed by atoms with Crippen molar-refractivity contribution in [1.82, 2.24) is 10.6 Å². The van der Waals surface area contributed by atoms with Gasteiger partial charge in [0.1, 0.15) is 5.41 Å². The lowest BCUT2D eigenvalue weighted by atomic mass is 9.84. The minimum Gasteiger partial charge on any atom is -0.409 e. The molecule has 1 fully saturated rings. The molecule has 0 aromatic carbocycles. The molecule has 1 aliphatic rings. The summed E-state index contributed by atoms with van der Waals surface area (Å²) in [4.78, 5) is 23.7. The van der Waals surface area contributed by atoms with Crippen molar-refractivity contribution in [2.24, 2.45) is 16.3 Å². The number of nitrogens with one attached hydrogen (secondary N) is 2. The van der Waals surface area contributed by atoms with Crippen molar-refractivity contribution in [3.8, 4) is 0 Å². The van der Waals surface area contributed by atoms with Crippen LogP contribution in [0.15, 0.2) is 5.16 Å². The lowest BCUT2D eigenvalue weighted by Gasteiger charge is -2.25. The van der Waals surface area contributed by atoms with Crippen LogP contribution in [-0.4, -0.2) is 35.4 Å². The predicted octanol–water partition coefficient (Wildman–Crippen LogP) is 0.324. The molecule has 0 atom stereocenters. The second-order valence-corrected chi connectivity index (χ2v) is 5.50. The van der Waals surface area contributed by atoms with Crippen molar-refractivity contribution in [3.63, 3.8) is 0 Å². The zero-order valence-corrected chi connectivity index (χ0v) is 12.1. The summed E-state index contributed by atoms with van der Waals surface area (Å²) in [5, 5.41) is 17.3. The van der Waals surface area contributed by atoms with Gasteiger partial charge in [0.05, 0.1) is 0 Å². The summed E-state index contributed by atoms with van der Waals surface area (Å²) in [6.45, 7) is 4.00. The number of rotatable bonds is 6. The maximum absolute atomic E-state index is 12.3. The molecule has 7 nitrogen and oxygen atoms in total. The number of amidine groups is 1. The van der Waals surface area contributed by atoms with E-state index in [4.69, 9.17) is 10.9 Å². The molecule has 5 N–H and O–H groups in total. The summed E-state index contributed by atoms with van der Waals surface area (Å²) in [5.41, 5.74) is 4.76. The number of hydrogen-bond acceptors (Lipinski definition) is 4. The first-order valence-electron chi connectivity index (χ1n) is 6.98. The van der Waals surface area contributed by atoms with Crippen LogP contribution >= 0.6 is 0 Å². The first kappa shape index (κ1) is 16.3. The SMILES string of the molecule is CC(C)NC(=O)CCNC(=O)C1(C(N)=NO)CCCC1. The summed E-state index contributed by atoms with van der Waals surface area (Å²) in [5.74, 6) is -0.411. The van der Waals surface area contributed by atoms with Crippen molar-refractivity contribution in [2.45, 2.75) is 52.0 Å². The Hall–Kier alpha value is -1.79. The minimum absolute atomic E-state index is 0.0425. The van der Waals surface area contributed by atoms with Crippen molar-refractivity contribution in [1.29, 1.82) is 0 Å². The maximum Gasteiger partial charge on any atom is 0.233 e. The first-order valence-corrected chi connectivity index (χ1v) is 6.98. The molecular weight excluding hydrogens is 260 g/mol. The molecule has 0 unspecified atom stereocenters. The molecule has 1 aliphatic carbocycles. The molecule has 0 heterocycles. The lowest BCUT2D eigenvalue weighted by Crippen LogP contribution is -2.48. The topological polar surface area (TPSA) is 117 Å². The van der Waals surface area contributed by atoms with Gasteiger partial charge in [-0.25, -0.2) is 0 Å². The van der Waals surface area contributed by atoms with Crippen LogP contribution in [0.2, 0.25) is 0 Å². The van der Waals surface area contributed by atoms with Gasteiger partial charge >= 0.3 is 0 Å². The van der Waals surface area contributed by atoms with Gasteiger partial charge in [0.25, 0.3) is 0 Å². The summed E-state index contributed by atoms with van der Waals surface area (Å²) in [6.07, 6.45) is 3.12. The van der Waals surface area contributed by atoms with Crippen LogP contribution in [0.4, 0.5) is 0 Å². The number of oxime groups is 1. The fraction of sp³-hybridized carbons (Fsp3) is 0.769. The molecule has 0 radical (unpaired) electrons. The number of hydrogen-bond donors (Lipinski definition) is 4. The molecular formula is C13H24N4O3. The number of carbonyl (C=O) groups excluding carboxylic acids is 2. The fourth-order valence-electron chi connectivity index (χ4n) is 2.53. The number of nitrogens with zero attached hydrogens (tertiary/aromatic N) is 1. The predicted molar refractivity (Wildman–Crippen MR) is 75.2 cm³/mol. The summed E-state index contributed by atoms with van der Waals surface area (Å²) in [7, 11) is 0. The van der Waals surface area contributed by atoms with Crippen LogP contribution in [0, 0.1) is 5.41 Å². The molecule has 0 spiro atoms. The van der Waals surface area contributed by atoms with E-state index in [-0.39, 0.29) is 36.7 Å². The van der Waals surface area contributed by atoms with Crippen molar-refractivity contribution in [3.05, 3.63) is 0 Å². The second-order valence-electron chi connectivity index (χ2n) is 5.50. The molecule has 1 saturated carbocycles. The molecule has 0 aromatic heterocycles. The van der Waals surface area contributed by atoms with Gasteiger partial charge in [-0.1, -0.05) is 18.0 Å². The van der Waals surface area contributed by atoms with Gasteiger partial charge in [-0.3, -0.25) is 9.59 Å². The Morgan fingerprint density at radius 1 is 1.35 bits per heavy atom. The monoisotopic (exact) mass is 284 g/mol. The highest BCUT2D eigenvalue weighted by Gasteiger charge is 2.45. The highest BCUT2D eigenvalue weighted by Crippen LogP contribution is 2.38. The van der Waals surface area contributed by atoms with Gasteiger partial charge in [0.2, 0.25) is 11.8 Å². The molecule has 114 valence electrons. The Balaban J connectivity index is 2.50. The average Bonchev–Trinajstić information content (AvgIpc) is 2.87.